The summed E-state index contributed by atoms with van der Waals surface area (Å²) in [5.74, 6) is 0. The van der Waals surface area contributed by atoms with Crippen LogP contribution in [0.2, 0.25) is 0 Å². The van der Waals surface area contributed by atoms with Gasteiger partial charge in [0.25, 0.3) is 0 Å². The van der Waals surface area contributed by atoms with E-state index in [-0.39, 0.29) is 0 Å². The lowest BCUT2D eigenvalue weighted by Gasteiger charge is -2.37. The molecular formula is C50H58N4O. The van der Waals surface area contributed by atoms with Crippen LogP contribution in [0, 0.1) is 0 Å². The van der Waals surface area contributed by atoms with E-state index in [9.17, 15) is 0 Å². The van der Waals surface area contributed by atoms with Crippen molar-refractivity contribution in [3.05, 3.63) is 215 Å². The number of rotatable bonds is 24. The molecule has 0 saturated carbocycles. The van der Waals surface area contributed by atoms with E-state index < -0.39 is 11.1 Å². The molecule has 55 heavy (non-hydrogen) atoms. The molecule has 6 aromatic carbocycles. The van der Waals surface area contributed by atoms with Crippen molar-refractivity contribution in [1.82, 2.24) is 21.3 Å². The molecule has 284 valence electrons. The third-order valence-corrected chi connectivity index (χ3v) is 10.4. The molecule has 0 bridgehead atoms. The van der Waals surface area contributed by atoms with E-state index in [0.29, 0.717) is 0 Å². The Morgan fingerprint density at radius 1 is 0.291 bits per heavy atom. The van der Waals surface area contributed by atoms with Crippen LogP contribution in [-0.4, -0.2) is 52.5 Å². The first kappa shape index (κ1) is 39.8. The van der Waals surface area contributed by atoms with Gasteiger partial charge in [-0.15, -0.1) is 0 Å². The quantitative estimate of drug-likeness (QED) is 0.0371. The van der Waals surface area contributed by atoms with Gasteiger partial charge in [0, 0.05) is 13.1 Å². The van der Waals surface area contributed by atoms with Crippen LogP contribution in [0.3, 0.4) is 0 Å². The molecule has 0 aliphatic heterocycles. The Hall–Kier alpha value is -4.88. The van der Waals surface area contributed by atoms with Crippen molar-refractivity contribution in [3.63, 3.8) is 0 Å². The third kappa shape index (κ3) is 10.7. The molecule has 0 aromatic heterocycles. The summed E-state index contributed by atoms with van der Waals surface area (Å²) in [6.45, 7) is 6.96. The summed E-state index contributed by atoms with van der Waals surface area (Å²) in [4.78, 5) is 0. The van der Waals surface area contributed by atoms with Crippen LogP contribution in [-0.2, 0) is 15.8 Å². The van der Waals surface area contributed by atoms with Crippen molar-refractivity contribution in [2.45, 2.75) is 36.8 Å². The lowest BCUT2D eigenvalue weighted by Crippen LogP contribution is -2.45. The van der Waals surface area contributed by atoms with Gasteiger partial charge in [-0.2, -0.15) is 0 Å². The lowest BCUT2D eigenvalue weighted by molar-refractivity contribution is 0.137. The predicted molar refractivity (Wildman–Crippen MR) is 229 cm³/mol. The van der Waals surface area contributed by atoms with Gasteiger partial charge in [-0.1, -0.05) is 182 Å². The van der Waals surface area contributed by atoms with Crippen LogP contribution in [0.25, 0.3) is 0 Å². The number of ether oxygens (including phenoxy) is 1. The lowest BCUT2D eigenvalue weighted by atomic mass is 9.77. The molecule has 6 rings (SSSR count). The van der Waals surface area contributed by atoms with E-state index >= 15 is 0 Å². The van der Waals surface area contributed by atoms with Gasteiger partial charge in [0.1, 0.15) is 0 Å². The fourth-order valence-corrected chi connectivity index (χ4v) is 7.68. The van der Waals surface area contributed by atoms with E-state index in [1.165, 1.54) is 33.4 Å². The highest BCUT2D eigenvalue weighted by Crippen LogP contribution is 2.38. The molecule has 6 aromatic rings. The number of benzene rings is 6. The topological polar surface area (TPSA) is 57.4 Å². The van der Waals surface area contributed by atoms with Crippen molar-refractivity contribution in [2.24, 2.45) is 0 Å². The van der Waals surface area contributed by atoms with Crippen molar-refractivity contribution < 1.29 is 4.74 Å². The van der Waals surface area contributed by atoms with E-state index in [1.807, 2.05) is 0 Å². The number of unbranched alkanes of at least 4 members (excludes halogenated alkanes) is 2. The van der Waals surface area contributed by atoms with Crippen molar-refractivity contribution in [3.8, 4) is 0 Å². The maximum atomic E-state index is 5.92. The Labute approximate surface area is 329 Å². The minimum Gasteiger partial charge on any atom is -0.379 e. The molecule has 5 heteroatoms. The van der Waals surface area contributed by atoms with Crippen molar-refractivity contribution in [2.75, 3.05) is 52.5 Å². The van der Waals surface area contributed by atoms with Crippen molar-refractivity contribution >= 4 is 0 Å². The van der Waals surface area contributed by atoms with Crippen LogP contribution in [0.5, 0.6) is 0 Å². The zero-order valence-corrected chi connectivity index (χ0v) is 32.2. The van der Waals surface area contributed by atoms with Crippen LogP contribution >= 0.6 is 0 Å². The molecule has 0 unspecified atom stereocenters. The first-order valence-electron chi connectivity index (χ1n) is 20.2. The summed E-state index contributed by atoms with van der Waals surface area (Å²) in [6, 6.07) is 64.9. The largest absolute Gasteiger partial charge is 0.379 e. The standard InChI is InChI=1S/C50H58N4O/c1-7-23-43(24-8-1)49(44-25-9-2-10-26-44,45-27-11-3-12-28-45)53-37-21-19-35-51-39-41-55-42-40-52-36-20-22-38-54-50(46-29-13-4-14-30-46,47-31-15-5-16-32-47)48-33-17-6-18-34-48/h1-18,23-34,51-54H,19-22,35-42H2. The average Bonchev–Trinajstić information content (AvgIpc) is 3.27. The molecule has 0 radical (unpaired) electrons. The van der Waals surface area contributed by atoms with Crippen LogP contribution < -0.4 is 21.3 Å². The molecule has 0 aliphatic carbocycles. The van der Waals surface area contributed by atoms with E-state index in [1.54, 1.807) is 0 Å². The Bertz CT molecular complexity index is 1540. The van der Waals surface area contributed by atoms with Gasteiger partial charge in [0.2, 0.25) is 0 Å². The Kier molecular flexibility index (Phi) is 15.8. The second kappa shape index (κ2) is 21.9. The van der Waals surface area contributed by atoms with Gasteiger partial charge >= 0.3 is 0 Å². The van der Waals surface area contributed by atoms with Crippen LogP contribution in [0.15, 0.2) is 182 Å². The highest BCUT2D eigenvalue weighted by atomic mass is 16.5. The average molecular weight is 731 g/mol. The Morgan fingerprint density at radius 2 is 0.527 bits per heavy atom. The first-order valence-corrected chi connectivity index (χ1v) is 20.2. The van der Waals surface area contributed by atoms with Gasteiger partial charge in [0.05, 0.1) is 24.3 Å². The second-order valence-electron chi connectivity index (χ2n) is 14.1. The Morgan fingerprint density at radius 3 is 0.782 bits per heavy atom. The molecule has 0 atom stereocenters. The molecule has 0 fully saturated rings. The zero-order chi connectivity index (χ0) is 37.7. The number of nitrogens with one attached hydrogen (secondary N) is 4. The third-order valence-electron chi connectivity index (χ3n) is 10.4. The molecule has 0 amide bonds. The summed E-state index contributed by atoms with van der Waals surface area (Å²) >= 11 is 0. The molecule has 5 nitrogen and oxygen atoms in total. The monoisotopic (exact) mass is 730 g/mol. The highest BCUT2D eigenvalue weighted by molar-refractivity contribution is 5.50. The summed E-state index contributed by atoms with van der Waals surface area (Å²) in [5.41, 5.74) is 6.69. The van der Waals surface area contributed by atoms with Gasteiger partial charge in [-0.05, 0) is 85.2 Å². The Balaban J connectivity index is 0.858. The van der Waals surface area contributed by atoms with Gasteiger partial charge in [0.15, 0.2) is 0 Å². The summed E-state index contributed by atoms with van der Waals surface area (Å²) < 4.78 is 5.92. The fourth-order valence-electron chi connectivity index (χ4n) is 7.68. The molecule has 0 heterocycles. The maximum absolute atomic E-state index is 5.92. The van der Waals surface area contributed by atoms with Crippen LogP contribution in [0.4, 0.5) is 0 Å². The number of hydrogen-bond donors (Lipinski definition) is 4. The predicted octanol–water partition coefficient (Wildman–Crippen LogP) is 8.91. The summed E-state index contributed by atoms with van der Waals surface area (Å²) in [7, 11) is 0. The van der Waals surface area contributed by atoms with Gasteiger partial charge in [-0.3, -0.25) is 10.6 Å². The first-order chi connectivity index (χ1) is 27.3. The molecule has 0 saturated heterocycles. The van der Waals surface area contributed by atoms with E-state index in [0.717, 1.165) is 78.2 Å². The maximum Gasteiger partial charge on any atom is 0.0947 e. The molecular weight excluding hydrogens is 673 g/mol. The SMILES string of the molecule is c1ccc(C(NCCCCNCCOCCNCCCCNC(c2ccccc2)(c2ccccc2)c2ccccc2)(c2ccccc2)c2ccccc2)cc1. The minimum atomic E-state index is -0.408. The smallest absolute Gasteiger partial charge is 0.0947 e. The molecule has 4 N–H and O–H groups in total. The number of hydrogen-bond acceptors (Lipinski definition) is 5. The zero-order valence-electron chi connectivity index (χ0n) is 32.2. The van der Waals surface area contributed by atoms with Gasteiger partial charge in [-0.25, -0.2) is 0 Å². The van der Waals surface area contributed by atoms with Crippen molar-refractivity contribution in [1.29, 1.82) is 0 Å². The fraction of sp³-hybridized carbons (Fsp3) is 0.280. The van der Waals surface area contributed by atoms with Crippen LogP contribution in [0.1, 0.15) is 59.1 Å². The molecule has 0 spiro atoms. The van der Waals surface area contributed by atoms with E-state index in [4.69, 9.17) is 4.74 Å². The second-order valence-corrected chi connectivity index (χ2v) is 14.1. The normalized spacial score (nSPS) is 11.8. The van der Waals surface area contributed by atoms with E-state index in [2.05, 4.69) is 203 Å². The van der Waals surface area contributed by atoms with Gasteiger partial charge < -0.3 is 15.4 Å². The molecule has 0 aliphatic rings. The minimum absolute atomic E-state index is 0.408. The summed E-state index contributed by atoms with van der Waals surface area (Å²) in [5, 5.41) is 15.1. The highest BCUT2D eigenvalue weighted by Gasteiger charge is 2.36. The summed E-state index contributed by atoms with van der Waals surface area (Å²) in [6.07, 6.45) is 4.35.